The molecule has 4 aliphatic rings. The molecule has 0 radical (unpaired) electrons. The van der Waals surface area contributed by atoms with E-state index >= 15 is 0 Å². The summed E-state index contributed by atoms with van der Waals surface area (Å²) in [6.45, 7) is 3.77. The number of alkyl halides is 3. The van der Waals surface area contributed by atoms with Gasteiger partial charge >= 0.3 is 12.4 Å². The Hall–Kier alpha value is -4.28. The summed E-state index contributed by atoms with van der Waals surface area (Å²) in [5.74, 6) is -1.05. The van der Waals surface area contributed by atoms with Crippen LogP contribution in [0.4, 0.5) is 23.7 Å². The van der Waals surface area contributed by atoms with Crippen molar-refractivity contribution in [1.29, 1.82) is 0 Å². The summed E-state index contributed by atoms with van der Waals surface area (Å²) in [6, 6.07) is 7.81. The first-order valence-corrected chi connectivity index (χ1v) is 15.4. The lowest BCUT2D eigenvalue weighted by molar-refractivity contribution is -0.274. The molecule has 16 heteroatoms. The van der Waals surface area contributed by atoms with Crippen molar-refractivity contribution in [2.75, 3.05) is 31.2 Å². The third-order valence-electron chi connectivity index (χ3n) is 8.45. The molecule has 2 spiro atoms. The van der Waals surface area contributed by atoms with Crippen molar-refractivity contribution < 1.29 is 45.4 Å². The van der Waals surface area contributed by atoms with Crippen LogP contribution in [0.3, 0.4) is 0 Å². The van der Waals surface area contributed by atoms with Crippen LogP contribution in [0.1, 0.15) is 35.1 Å². The molecular weight excluding hydrogens is 619 g/mol. The molecule has 0 aromatic heterocycles. The third kappa shape index (κ3) is 5.46. The number of nitrogens with one attached hydrogen (secondary N) is 2. The summed E-state index contributed by atoms with van der Waals surface area (Å²) in [7, 11) is -3.89. The Labute approximate surface area is 255 Å². The maximum atomic E-state index is 13.3. The van der Waals surface area contributed by atoms with Gasteiger partial charge < -0.3 is 14.8 Å². The molecule has 2 N–H and O–H groups in total. The van der Waals surface area contributed by atoms with Crippen LogP contribution in [0.25, 0.3) is 6.08 Å². The summed E-state index contributed by atoms with van der Waals surface area (Å²) in [5.41, 5.74) is 0.631. The molecule has 3 fully saturated rings. The van der Waals surface area contributed by atoms with Crippen LogP contribution in [0, 0.1) is 13.8 Å². The van der Waals surface area contributed by atoms with E-state index < -0.39 is 51.1 Å². The number of ether oxygens (including phenoxy) is 2. The third-order valence-corrected chi connectivity index (χ3v) is 10.0. The zero-order valence-electron chi connectivity index (χ0n) is 24.1. The number of urea groups is 1. The summed E-state index contributed by atoms with van der Waals surface area (Å²) >= 11 is 0. The second-order valence-corrected chi connectivity index (χ2v) is 13.2. The summed E-state index contributed by atoms with van der Waals surface area (Å²) < 4.78 is 74.3. The van der Waals surface area contributed by atoms with Crippen LogP contribution in [-0.4, -0.2) is 80.1 Å². The largest absolute Gasteiger partial charge is 0.573 e. The van der Waals surface area contributed by atoms with Crippen LogP contribution in [0.15, 0.2) is 46.8 Å². The highest BCUT2D eigenvalue weighted by Gasteiger charge is 2.59. The van der Waals surface area contributed by atoms with Crippen molar-refractivity contribution in [3.05, 3.63) is 64.1 Å². The number of aryl methyl sites for hydroxylation is 2. The lowest BCUT2D eigenvalue weighted by Crippen LogP contribution is -2.64. The number of sulfonamides is 1. The van der Waals surface area contributed by atoms with Gasteiger partial charge in [0.1, 0.15) is 17.1 Å². The van der Waals surface area contributed by atoms with E-state index in [1.165, 1.54) is 27.4 Å². The number of carbonyl (C=O) groups excluding carboxylic acids is 3. The molecule has 4 heterocycles. The number of halogens is 3. The Morgan fingerprint density at radius 2 is 1.60 bits per heavy atom. The number of rotatable bonds is 6. The number of piperidine rings is 1. The summed E-state index contributed by atoms with van der Waals surface area (Å²) in [6.07, 6.45) is -3.13. The minimum absolute atomic E-state index is 0.0222. The zero-order chi connectivity index (χ0) is 32.4. The highest BCUT2D eigenvalue weighted by molar-refractivity contribution is 7.92. The number of imide groups is 1. The van der Waals surface area contributed by atoms with E-state index in [-0.39, 0.29) is 45.0 Å². The molecule has 12 nitrogen and oxygen atoms in total. The van der Waals surface area contributed by atoms with E-state index in [4.69, 9.17) is 4.74 Å². The Bertz CT molecular complexity index is 1740. The number of hydrogen-bond acceptors (Lipinski definition) is 8. The fourth-order valence-corrected chi connectivity index (χ4v) is 7.16. The smallest absolute Gasteiger partial charge is 0.406 e. The van der Waals surface area contributed by atoms with E-state index in [1.54, 1.807) is 26.0 Å². The van der Waals surface area contributed by atoms with Crippen molar-refractivity contribution in [2.45, 2.75) is 44.1 Å². The highest BCUT2D eigenvalue weighted by Crippen LogP contribution is 2.37. The fraction of sp³-hybridized carbons (Fsp3) is 0.379. The quantitative estimate of drug-likeness (QED) is 0.459. The summed E-state index contributed by atoms with van der Waals surface area (Å²) in [5, 5.41) is 6.09. The van der Waals surface area contributed by atoms with Gasteiger partial charge in [0.25, 0.3) is 11.8 Å². The minimum Gasteiger partial charge on any atom is -0.406 e. The van der Waals surface area contributed by atoms with Gasteiger partial charge in [0, 0.05) is 29.7 Å². The van der Waals surface area contributed by atoms with Crippen molar-refractivity contribution in [2.24, 2.45) is 4.99 Å². The molecule has 0 saturated carbocycles. The summed E-state index contributed by atoms with van der Waals surface area (Å²) in [4.78, 5) is 43.8. The van der Waals surface area contributed by atoms with Crippen molar-refractivity contribution >= 4 is 45.5 Å². The molecule has 0 bridgehead atoms. The molecule has 0 atom stereocenters. The average Bonchev–Trinajstić information content (AvgIpc) is 3.39. The standard InChI is InChI=1S/C29H28F3N5O7S/c1-17-13-20(37-26(40)34-25(39)28(37)15-43-16-28)14-18(2)22(17)7-12-45(41,42)36-10-8-27(9-11-36)24(38)33-23(35-27)19-3-5-21(6-4-19)44-29(30,31)32/h3-7,12-14H,8-11,15-16H2,1-2H3,(H,33,35,38)(H,34,39,40)/b12-7+. The second kappa shape index (κ2) is 10.7. The Kier molecular flexibility index (Phi) is 7.28. The minimum atomic E-state index is -4.83. The van der Waals surface area contributed by atoms with E-state index in [9.17, 15) is 36.0 Å². The maximum Gasteiger partial charge on any atom is 0.573 e. The molecule has 4 amide bonds. The molecule has 45 heavy (non-hydrogen) atoms. The SMILES string of the molecule is Cc1cc(N2C(=O)NC(=O)C23COC3)cc(C)c1/C=C/S(=O)(=O)N1CCC2(CC1)N=C(c1ccc(OC(F)(F)F)cc1)NC2=O. The van der Waals surface area contributed by atoms with Crippen LogP contribution in [0.2, 0.25) is 0 Å². The predicted molar refractivity (Wildman–Crippen MR) is 155 cm³/mol. The molecule has 4 aliphatic heterocycles. The number of amidine groups is 1. The van der Waals surface area contributed by atoms with Gasteiger partial charge in [-0.3, -0.25) is 24.8 Å². The van der Waals surface area contributed by atoms with Crippen LogP contribution < -0.4 is 20.3 Å². The monoisotopic (exact) mass is 647 g/mol. The maximum absolute atomic E-state index is 13.3. The topological polar surface area (TPSA) is 147 Å². The van der Waals surface area contributed by atoms with Gasteiger partial charge in [-0.15, -0.1) is 13.2 Å². The van der Waals surface area contributed by atoms with E-state index in [2.05, 4.69) is 20.4 Å². The Morgan fingerprint density at radius 1 is 0.978 bits per heavy atom. The number of anilines is 1. The highest BCUT2D eigenvalue weighted by atomic mass is 32.2. The Morgan fingerprint density at radius 3 is 2.16 bits per heavy atom. The van der Waals surface area contributed by atoms with Crippen molar-refractivity contribution in [3.8, 4) is 5.75 Å². The van der Waals surface area contributed by atoms with Crippen molar-refractivity contribution in [1.82, 2.24) is 14.9 Å². The lowest BCUT2D eigenvalue weighted by atomic mass is 9.89. The molecule has 2 aromatic carbocycles. The molecule has 6 rings (SSSR count). The molecule has 238 valence electrons. The molecule has 2 aromatic rings. The van der Waals surface area contributed by atoms with Gasteiger partial charge in [-0.25, -0.2) is 13.2 Å². The van der Waals surface area contributed by atoms with Crippen molar-refractivity contribution in [3.63, 3.8) is 0 Å². The number of benzene rings is 2. The van der Waals surface area contributed by atoms with E-state index in [0.717, 1.165) is 17.5 Å². The number of amides is 4. The first kappa shape index (κ1) is 30.7. The van der Waals surface area contributed by atoms with Gasteiger partial charge in [0.2, 0.25) is 10.0 Å². The Balaban J connectivity index is 1.14. The molecule has 3 saturated heterocycles. The van der Waals surface area contributed by atoms with Gasteiger partial charge in [0.15, 0.2) is 5.54 Å². The predicted octanol–water partition coefficient (Wildman–Crippen LogP) is 2.74. The lowest BCUT2D eigenvalue weighted by Gasteiger charge is -2.41. The van der Waals surface area contributed by atoms with Gasteiger partial charge in [-0.1, -0.05) is 0 Å². The zero-order valence-corrected chi connectivity index (χ0v) is 24.9. The second-order valence-electron chi connectivity index (χ2n) is 11.4. The molecular formula is C29H28F3N5O7S. The number of nitrogens with zero attached hydrogens (tertiary/aromatic N) is 3. The van der Waals surface area contributed by atoms with E-state index in [0.29, 0.717) is 27.9 Å². The first-order chi connectivity index (χ1) is 21.1. The fourth-order valence-electron chi connectivity index (χ4n) is 5.99. The average molecular weight is 648 g/mol. The van der Waals surface area contributed by atoms with Gasteiger partial charge in [-0.2, -0.15) is 4.31 Å². The van der Waals surface area contributed by atoms with Gasteiger partial charge in [0.05, 0.1) is 13.2 Å². The normalized spacial score (nSPS) is 21.3. The van der Waals surface area contributed by atoms with Crippen LogP contribution in [-0.2, 0) is 24.3 Å². The van der Waals surface area contributed by atoms with Gasteiger partial charge in [-0.05, 0) is 85.9 Å². The first-order valence-electron chi connectivity index (χ1n) is 13.9. The van der Waals surface area contributed by atoms with E-state index in [1.807, 2.05) is 0 Å². The molecule has 0 unspecified atom stereocenters. The number of aliphatic imine (C=N–C) groups is 1. The number of hydrogen-bond donors (Lipinski definition) is 2. The number of carbonyl (C=O) groups is 3. The van der Waals surface area contributed by atoms with Crippen LogP contribution >= 0.6 is 0 Å². The van der Waals surface area contributed by atoms with Crippen LogP contribution in [0.5, 0.6) is 5.75 Å². The molecule has 0 aliphatic carbocycles.